The van der Waals surface area contributed by atoms with E-state index in [2.05, 4.69) is 19.9 Å². The van der Waals surface area contributed by atoms with Gasteiger partial charge in [-0.05, 0) is 31.7 Å². The molecule has 2 N–H and O–H groups in total. The summed E-state index contributed by atoms with van der Waals surface area (Å²) in [4.78, 5) is 19.7. The third-order valence-electron chi connectivity index (χ3n) is 4.50. The van der Waals surface area contributed by atoms with Crippen LogP contribution >= 0.6 is 11.6 Å². The number of nitrogen functional groups attached to an aromatic ring is 1. The number of aromatic nitrogens is 4. The fourth-order valence-electron chi connectivity index (χ4n) is 3.15. The topological polar surface area (TPSA) is 80.8 Å². The molecule has 4 rings (SSSR count). The summed E-state index contributed by atoms with van der Waals surface area (Å²) in [5.41, 5.74) is 6.72. The quantitative estimate of drug-likeness (QED) is 0.871. The van der Waals surface area contributed by atoms with Crippen molar-refractivity contribution in [3.8, 4) is 0 Å². The van der Waals surface area contributed by atoms with Gasteiger partial charge in [-0.15, -0.1) is 0 Å². The molecule has 2 aromatic heterocycles. The highest BCUT2D eigenvalue weighted by Crippen LogP contribution is 2.39. The molecule has 1 saturated heterocycles. The van der Waals surface area contributed by atoms with E-state index in [-0.39, 0.29) is 0 Å². The fraction of sp³-hybridized carbons (Fsp3) is 0.500. The minimum Gasteiger partial charge on any atom is -0.368 e. The maximum atomic E-state index is 6.20. The zero-order chi connectivity index (χ0) is 15.8. The lowest BCUT2D eigenvalue weighted by Crippen LogP contribution is -2.35. The molecule has 2 fully saturated rings. The van der Waals surface area contributed by atoms with E-state index in [0.29, 0.717) is 22.9 Å². The fourth-order valence-corrected chi connectivity index (χ4v) is 3.34. The van der Waals surface area contributed by atoms with E-state index in [1.165, 1.54) is 12.8 Å². The molecule has 2 aromatic rings. The molecule has 23 heavy (non-hydrogen) atoms. The molecule has 0 unspecified atom stereocenters. The summed E-state index contributed by atoms with van der Waals surface area (Å²) >= 11 is 6.20. The molecule has 7 heteroatoms. The van der Waals surface area contributed by atoms with Gasteiger partial charge in [0.2, 0.25) is 5.95 Å². The molecule has 1 aliphatic heterocycles. The summed E-state index contributed by atoms with van der Waals surface area (Å²) < 4.78 is 0. The maximum Gasteiger partial charge on any atom is 0.220 e. The van der Waals surface area contributed by atoms with Gasteiger partial charge in [-0.3, -0.25) is 0 Å². The zero-order valence-electron chi connectivity index (χ0n) is 12.8. The van der Waals surface area contributed by atoms with E-state index in [9.17, 15) is 0 Å². The molecule has 0 radical (unpaired) electrons. The van der Waals surface area contributed by atoms with Crippen molar-refractivity contribution in [2.75, 3.05) is 23.7 Å². The Morgan fingerprint density at radius 2 is 2.00 bits per heavy atom. The number of anilines is 2. The Bertz CT molecular complexity index is 717. The summed E-state index contributed by atoms with van der Waals surface area (Å²) in [6.45, 7) is 1.85. The van der Waals surface area contributed by atoms with Crippen molar-refractivity contribution in [1.29, 1.82) is 0 Å². The molecule has 1 atom stereocenters. The highest BCUT2D eigenvalue weighted by atomic mass is 35.5. The van der Waals surface area contributed by atoms with Crippen LogP contribution in [0.15, 0.2) is 18.3 Å². The second-order valence-corrected chi connectivity index (χ2v) is 6.69. The number of nitrogens with zero attached hydrogens (tertiary/aromatic N) is 5. The van der Waals surface area contributed by atoms with Crippen LogP contribution in [-0.4, -0.2) is 33.0 Å². The lowest BCUT2D eigenvalue weighted by Gasteiger charge is -2.33. The minimum absolute atomic E-state index is 0.334. The molecular formula is C16H19ClN6. The van der Waals surface area contributed by atoms with Crippen molar-refractivity contribution in [1.82, 2.24) is 19.9 Å². The predicted octanol–water partition coefficient (Wildman–Crippen LogP) is 2.76. The van der Waals surface area contributed by atoms with Crippen molar-refractivity contribution in [2.24, 2.45) is 0 Å². The van der Waals surface area contributed by atoms with Crippen LogP contribution in [0.5, 0.6) is 0 Å². The summed E-state index contributed by atoms with van der Waals surface area (Å²) in [6, 6.07) is 3.82. The molecule has 0 spiro atoms. The standard InChI is InChI=1S/C16H19ClN6/c17-13-8-14(22-15(21-13)10-3-4-10)23-7-1-2-11(9-23)12-5-6-19-16(18)20-12/h5-6,8,10-11H,1-4,7,9H2,(H2,18,19,20)/t11-/m1/s1. The molecule has 0 aromatic carbocycles. The molecule has 6 nitrogen and oxygen atoms in total. The van der Waals surface area contributed by atoms with Crippen molar-refractivity contribution < 1.29 is 0 Å². The summed E-state index contributed by atoms with van der Waals surface area (Å²) in [5, 5.41) is 0.533. The van der Waals surface area contributed by atoms with Gasteiger partial charge in [0.15, 0.2) is 0 Å². The van der Waals surface area contributed by atoms with Crippen LogP contribution in [0.25, 0.3) is 0 Å². The lowest BCUT2D eigenvalue weighted by atomic mass is 9.94. The Kier molecular flexibility index (Phi) is 3.77. The van der Waals surface area contributed by atoms with Crippen molar-refractivity contribution in [3.05, 3.63) is 35.0 Å². The third kappa shape index (κ3) is 3.22. The van der Waals surface area contributed by atoms with Gasteiger partial charge in [-0.1, -0.05) is 11.6 Å². The van der Waals surface area contributed by atoms with E-state index in [0.717, 1.165) is 43.3 Å². The van der Waals surface area contributed by atoms with Crippen molar-refractivity contribution >= 4 is 23.4 Å². The summed E-state index contributed by atoms with van der Waals surface area (Å²) in [5.74, 6) is 2.99. The number of nitrogens with two attached hydrogens (primary N) is 1. The van der Waals surface area contributed by atoms with Gasteiger partial charge in [0, 0.05) is 37.2 Å². The van der Waals surface area contributed by atoms with Gasteiger partial charge in [0.05, 0.1) is 5.69 Å². The van der Waals surface area contributed by atoms with Crippen LogP contribution < -0.4 is 10.6 Å². The Morgan fingerprint density at radius 1 is 1.13 bits per heavy atom. The highest BCUT2D eigenvalue weighted by Gasteiger charge is 2.29. The average molecular weight is 331 g/mol. The van der Waals surface area contributed by atoms with E-state index >= 15 is 0 Å². The minimum atomic E-state index is 0.334. The van der Waals surface area contributed by atoms with Crippen LogP contribution in [0.3, 0.4) is 0 Å². The lowest BCUT2D eigenvalue weighted by molar-refractivity contribution is 0.498. The molecule has 1 aliphatic carbocycles. The Hall–Kier alpha value is -1.95. The first-order valence-electron chi connectivity index (χ1n) is 8.07. The summed E-state index contributed by atoms with van der Waals surface area (Å²) in [7, 11) is 0. The number of hydrogen-bond acceptors (Lipinski definition) is 6. The predicted molar refractivity (Wildman–Crippen MR) is 89.6 cm³/mol. The van der Waals surface area contributed by atoms with Crippen LogP contribution in [0.2, 0.25) is 5.15 Å². The van der Waals surface area contributed by atoms with E-state index in [1.54, 1.807) is 6.20 Å². The smallest absolute Gasteiger partial charge is 0.220 e. The number of halogens is 1. The monoisotopic (exact) mass is 330 g/mol. The first-order valence-corrected chi connectivity index (χ1v) is 8.44. The highest BCUT2D eigenvalue weighted by molar-refractivity contribution is 6.29. The average Bonchev–Trinajstić information content (AvgIpc) is 3.39. The molecule has 2 aliphatic rings. The molecular weight excluding hydrogens is 312 g/mol. The largest absolute Gasteiger partial charge is 0.368 e. The summed E-state index contributed by atoms with van der Waals surface area (Å²) in [6.07, 6.45) is 6.25. The van der Waals surface area contributed by atoms with E-state index in [4.69, 9.17) is 22.3 Å². The van der Waals surface area contributed by atoms with Gasteiger partial charge in [0.1, 0.15) is 16.8 Å². The maximum absolute atomic E-state index is 6.20. The third-order valence-corrected chi connectivity index (χ3v) is 4.69. The zero-order valence-corrected chi connectivity index (χ0v) is 13.6. The Labute approximate surface area is 140 Å². The first-order chi connectivity index (χ1) is 11.2. The van der Waals surface area contributed by atoms with Crippen LogP contribution in [-0.2, 0) is 0 Å². The van der Waals surface area contributed by atoms with Crippen molar-refractivity contribution in [3.63, 3.8) is 0 Å². The van der Waals surface area contributed by atoms with Crippen LogP contribution in [0, 0.1) is 0 Å². The van der Waals surface area contributed by atoms with E-state index < -0.39 is 0 Å². The Morgan fingerprint density at radius 3 is 2.78 bits per heavy atom. The normalized spacial score (nSPS) is 21.4. The van der Waals surface area contributed by atoms with Gasteiger partial charge in [-0.25, -0.2) is 19.9 Å². The van der Waals surface area contributed by atoms with Gasteiger partial charge >= 0.3 is 0 Å². The number of piperidine rings is 1. The molecule has 1 saturated carbocycles. The molecule has 3 heterocycles. The van der Waals surface area contributed by atoms with Gasteiger partial charge in [0.25, 0.3) is 0 Å². The molecule has 0 bridgehead atoms. The Balaban J connectivity index is 1.57. The van der Waals surface area contributed by atoms with Crippen LogP contribution in [0.1, 0.15) is 49.0 Å². The van der Waals surface area contributed by atoms with E-state index in [1.807, 2.05) is 12.1 Å². The first kappa shape index (κ1) is 14.6. The van der Waals surface area contributed by atoms with Crippen LogP contribution in [0.4, 0.5) is 11.8 Å². The number of hydrogen-bond donors (Lipinski definition) is 1. The molecule has 0 amide bonds. The second kappa shape index (κ2) is 5.92. The van der Waals surface area contributed by atoms with Gasteiger partial charge in [-0.2, -0.15) is 0 Å². The number of rotatable bonds is 3. The van der Waals surface area contributed by atoms with Gasteiger partial charge < -0.3 is 10.6 Å². The SMILES string of the molecule is Nc1nccc([C@@H]2CCCN(c3cc(Cl)nc(C4CC4)n3)C2)n1. The second-order valence-electron chi connectivity index (χ2n) is 6.31. The van der Waals surface area contributed by atoms with Crippen molar-refractivity contribution in [2.45, 2.75) is 37.5 Å². The molecule has 120 valence electrons.